The standard InChI is InChI=1S/C40H29N3S/c1-5-15-30(16-6-1)41(31-17-7-2-8-18-31)39-27-28-40(44-39)42(32-19-9-3-10-20-32)34-25-26-38-36(29-34)35-23-13-14-24-37(35)43(38)33-21-11-4-12-22-33/h1-29H. The van der Waals surface area contributed by atoms with Gasteiger partial charge in [0.15, 0.2) is 0 Å². The van der Waals surface area contributed by atoms with Crippen molar-refractivity contribution in [3.05, 3.63) is 176 Å². The Bertz CT molecular complexity index is 2130. The largest absolute Gasteiger partial charge is 0.309 e. The van der Waals surface area contributed by atoms with Gasteiger partial charge in [0, 0.05) is 39.2 Å². The Balaban J connectivity index is 1.29. The van der Waals surface area contributed by atoms with Gasteiger partial charge in [-0.1, -0.05) is 102 Å². The van der Waals surface area contributed by atoms with Gasteiger partial charge in [0.25, 0.3) is 0 Å². The molecule has 0 amide bonds. The predicted octanol–water partition coefficient (Wildman–Crippen LogP) is 11.8. The molecule has 0 fully saturated rings. The predicted molar refractivity (Wildman–Crippen MR) is 188 cm³/mol. The smallest absolute Gasteiger partial charge is 0.102 e. The lowest BCUT2D eigenvalue weighted by Gasteiger charge is -2.25. The average molecular weight is 584 g/mol. The molecule has 44 heavy (non-hydrogen) atoms. The SMILES string of the molecule is c1ccc(N(c2ccccc2)c2ccc(N(c3ccccc3)c3ccc4c(c3)c3ccccc3n4-c3ccccc3)s2)cc1. The lowest BCUT2D eigenvalue weighted by Crippen LogP contribution is -2.09. The lowest BCUT2D eigenvalue weighted by molar-refractivity contribution is 1.18. The minimum absolute atomic E-state index is 1.12. The number of nitrogens with zero attached hydrogens (tertiary/aromatic N) is 3. The van der Waals surface area contributed by atoms with Crippen LogP contribution in [0.3, 0.4) is 0 Å². The molecule has 6 aromatic carbocycles. The summed E-state index contributed by atoms with van der Waals surface area (Å²) < 4.78 is 2.36. The molecular weight excluding hydrogens is 555 g/mol. The maximum absolute atomic E-state index is 2.37. The van der Waals surface area contributed by atoms with Crippen LogP contribution in [0.15, 0.2) is 176 Å². The van der Waals surface area contributed by atoms with Crippen LogP contribution in [0, 0.1) is 0 Å². The molecule has 0 radical (unpaired) electrons. The van der Waals surface area contributed by atoms with Crippen LogP contribution in [-0.2, 0) is 0 Å². The van der Waals surface area contributed by atoms with Gasteiger partial charge in [-0.2, -0.15) is 0 Å². The van der Waals surface area contributed by atoms with Gasteiger partial charge in [0.2, 0.25) is 0 Å². The minimum atomic E-state index is 1.12. The third-order valence-corrected chi connectivity index (χ3v) is 9.05. The number of anilines is 6. The van der Waals surface area contributed by atoms with E-state index in [1.54, 1.807) is 11.3 Å². The van der Waals surface area contributed by atoms with E-state index in [1.165, 1.54) is 21.8 Å². The van der Waals surface area contributed by atoms with Crippen molar-refractivity contribution in [3.63, 3.8) is 0 Å². The molecule has 4 heteroatoms. The van der Waals surface area contributed by atoms with Gasteiger partial charge in [0.1, 0.15) is 10.0 Å². The Kier molecular flexibility index (Phi) is 6.67. The quantitative estimate of drug-likeness (QED) is 0.185. The van der Waals surface area contributed by atoms with E-state index in [4.69, 9.17) is 0 Å². The van der Waals surface area contributed by atoms with Gasteiger partial charge in [-0.25, -0.2) is 0 Å². The van der Waals surface area contributed by atoms with E-state index < -0.39 is 0 Å². The lowest BCUT2D eigenvalue weighted by atomic mass is 10.1. The van der Waals surface area contributed by atoms with E-state index in [1.807, 2.05) is 0 Å². The molecule has 0 unspecified atom stereocenters. The first-order valence-corrected chi connectivity index (χ1v) is 15.6. The Labute approximate surface area is 261 Å². The number of hydrogen-bond acceptors (Lipinski definition) is 3. The molecular formula is C40H29N3S. The van der Waals surface area contributed by atoms with Gasteiger partial charge in [-0.15, -0.1) is 0 Å². The zero-order valence-electron chi connectivity index (χ0n) is 24.0. The van der Waals surface area contributed by atoms with Crippen molar-refractivity contribution in [3.8, 4) is 5.69 Å². The first-order valence-electron chi connectivity index (χ1n) is 14.8. The molecule has 0 saturated carbocycles. The monoisotopic (exact) mass is 583 g/mol. The number of benzene rings is 6. The van der Waals surface area contributed by atoms with E-state index in [-0.39, 0.29) is 0 Å². The summed E-state index contributed by atoms with van der Waals surface area (Å²) in [6, 6.07) is 62.5. The van der Waals surface area contributed by atoms with Crippen LogP contribution in [0.5, 0.6) is 0 Å². The van der Waals surface area contributed by atoms with Gasteiger partial charge in [-0.05, 0) is 84.9 Å². The fourth-order valence-corrected chi connectivity index (χ4v) is 7.14. The van der Waals surface area contributed by atoms with Crippen LogP contribution in [0.1, 0.15) is 0 Å². The topological polar surface area (TPSA) is 11.4 Å². The number of aromatic nitrogens is 1. The third kappa shape index (κ3) is 4.62. The third-order valence-electron chi connectivity index (χ3n) is 7.99. The highest BCUT2D eigenvalue weighted by molar-refractivity contribution is 7.20. The highest BCUT2D eigenvalue weighted by Gasteiger charge is 2.21. The second-order valence-corrected chi connectivity index (χ2v) is 11.7. The molecule has 0 atom stereocenters. The van der Waals surface area contributed by atoms with E-state index in [0.717, 1.165) is 38.4 Å². The molecule has 0 spiro atoms. The molecule has 2 aromatic heterocycles. The zero-order valence-corrected chi connectivity index (χ0v) is 24.8. The number of fused-ring (bicyclic) bond motifs is 3. The van der Waals surface area contributed by atoms with Crippen molar-refractivity contribution in [2.45, 2.75) is 0 Å². The van der Waals surface area contributed by atoms with E-state index >= 15 is 0 Å². The van der Waals surface area contributed by atoms with E-state index in [2.05, 4.69) is 190 Å². The van der Waals surface area contributed by atoms with Gasteiger partial charge in [-0.3, -0.25) is 0 Å². The Morgan fingerprint density at radius 3 is 1.39 bits per heavy atom. The summed E-state index contributed by atoms with van der Waals surface area (Å²) in [6.07, 6.45) is 0. The van der Waals surface area contributed by atoms with Gasteiger partial charge in [0.05, 0.1) is 11.0 Å². The first kappa shape index (κ1) is 26.1. The normalized spacial score (nSPS) is 11.2. The van der Waals surface area contributed by atoms with Crippen molar-refractivity contribution < 1.29 is 0 Å². The fraction of sp³-hybridized carbons (Fsp3) is 0. The van der Waals surface area contributed by atoms with Crippen molar-refractivity contribution in [2.24, 2.45) is 0 Å². The zero-order chi connectivity index (χ0) is 29.3. The number of hydrogen-bond donors (Lipinski definition) is 0. The van der Waals surface area contributed by atoms with Crippen molar-refractivity contribution in [1.82, 2.24) is 4.57 Å². The molecule has 0 aliphatic carbocycles. The van der Waals surface area contributed by atoms with Gasteiger partial charge >= 0.3 is 0 Å². The summed E-state index contributed by atoms with van der Waals surface area (Å²) >= 11 is 1.79. The van der Waals surface area contributed by atoms with E-state index in [9.17, 15) is 0 Å². The van der Waals surface area contributed by atoms with Crippen molar-refractivity contribution >= 4 is 65.9 Å². The molecule has 0 N–H and O–H groups in total. The molecule has 0 bridgehead atoms. The Morgan fingerprint density at radius 2 is 0.818 bits per heavy atom. The highest BCUT2D eigenvalue weighted by atomic mass is 32.1. The van der Waals surface area contributed by atoms with E-state index in [0.29, 0.717) is 0 Å². The van der Waals surface area contributed by atoms with Crippen LogP contribution in [-0.4, -0.2) is 4.57 Å². The summed E-state index contributed by atoms with van der Waals surface area (Å²) in [5, 5.41) is 4.77. The number of thiophene rings is 1. The minimum Gasteiger partial charge on any atom is -0.309 e. The molecule has 0 saturated heterocycles. The fourth-order valence-electron chi connectivity index (χ4n) is 6.05. The molecule has 3 nitrogen and oxygen atoms in total. The summed E-state index contributed by atoms with van der Waals surface area (Å²) in [5.74, 6) is 0. The average Bonchev–Trinajstić information content (AvgIpc) is 3.70. The molecule has 8 rings (SSSR count). The molecule has 210 valence electrons. The molecule has 8 aromatic rings. The summed E-state index contributed by atoms with van der Waals surface area (Å²) in [4.78, 5) is 4.70. The van der Waals surface area contributed by atoms with Crippen LogP contribution < -0.4 is 9.80 Å². The number of para-hydroxylation sites is 5. The molecule has 2 heterocycles. The van der Waals surface area contributed by atoms with Crippen LogP contribution in [0.2, 0.25) is 0 Å². The summed E-state index contributed by atoms with van der Waals surface area (Å²) in [6.45, 7) is 0. The van der Waals surface area contributed by atoms with Crippen molar-refractivity contribution in [2.75, 3.05) is 9.80 Å². The Morgan fingerprint density at radius 1 is 0.364 bits per heavy atom. The number of rotatable bonds is 7. The Hall–Kier alpha value is -5.58. The van der Waals surface area contributed by atoms with Crippen LogP contribution >= 0.6 is 11.3 Å². The van der Waals surface area contributed by atoms with Crippen LogP contribution in [0.4, 0.5) is 32.8 Å². The summed E-state index contributed by atoms with van der Waals surface area (Å²) in [7, 11) is 0. The van der Waals surface area contributed by atoms with Crippen molar-refractivity contribution in [1.29, 1.82) is 0 Å². The second kappa shape index (κ2) is 11.3. The highest BCUT2D eigenvalue weighted by Crippen LogP contribution is 2.46. The first-order chi connectivity index (χ1) is 21.8. The summed E-state index contributed by atoms with van der Waals surface area (Å²) in [5.41, 5.74) is 8.08. The maximum atomic E-state index is 2.37. The molecule has 0 aliphatic heterocycles. The second-order valence-electron chi connectivity index (χ2n) is 10.7. The van der Waals surface area contributed by atoms with Gasteiger partial charge < -0.3 is 14.4 Å². The molecule has 0 aliphatic rings. The maximum Gasteiger partial charge on any atom is 0.102 e. The van der Waals surface area contributed by atoms with Crippen LogP contribution in [0.25, 0.3) is 27.5 Å².